The maximum Gasteiger partial charge on any atom is 0.363 e. The number of hydrogen-bond donors (Lipinski definition) is 1. The Kier molecular flexibility index (Phi) is 3.89. The fraction of sp³-hybridized carbons (Fsp3) is 0.105. The van der Waals surface area contributed by atoms with Gasteiger partial charge in [-0.25, -0.2) is 9.79 Å². The zero-order valence-corrected chi connectivity index (χ0v) is 13.8. The number of nitrogens with one attached hydrogen (secondary N) is 1. The van der Waals surface area contributed by atoms with Gasteiger partial charge in [0.15, 0.2) is 17.2 Å². The molecule has 7 heteroatoms. The molecule has 0 spiro atoms. The third-order valence-electron chi connectivity index (χ3n) is 3.77. The maximum absolute atomic E-state index is 12.1. The van der Waals surface area contributed by atoms with Gasteiger partial charge < -0.3 is 19.5 Å². The molecule has 0 radical (unpaired) electrons. The van der Waals surface area contributed by atoms with Crippen LogP contribution in [0.1, 0.15) is 18.1 Å². The molecule has 7 nitrogen and oxygen atoms in total. The van der Waals surface area contributed by atoms with Crippen molar-refractivity contribution in [3.8, 4) is 11.5 Å². The molecule has 0 bridgehead atoms. The van der Waals surface area contributed by atoms with Crippen molar-refractivity contribution in [2.75, 3.05) is 12.1 Å². The number of aliphatic imine (C=N–C) groups is 1. The zero-order valence-electron chi connectivity index (χ0n) is 13.8. The van der Waals surface area contributed by atoms with E-state index in [1.165, 1.54) is 6.92 Å². The van der Waals surface area contributed by atoms with Crippen LogP contribution in [0.2, 0.25) is 0 Å². The normalized spacial score (nSPS) is 16.4. The number of carbonyl (C=O) groups excluding carboxylic acids is 2. The lowest BCUT2D eigenvalue weighted by Gasteiger charge is -2.03. The number of carbonyl (C=O) groups is 2. The summed E-state index contributed by atoms with van der Waals surface area (Å²) in [5, 5.41) is 2.67. The van der Waals surface area contributed by atoms with Crippen LogP contribution in [-0.2, 0) is 14.3 Å². The van der Waals surface area contributed by atoms with E-state index in [0.29, 0.717) is 22.7 Å². The molecule has 2 heterocycles. The molecule has 0 fully saturated rings. The van der Waals surface area contributed by atoms with Crippen LogP contribution in [0.5, 0.6) is 11.5 Å². The third-order valence-corrected chi connectivity index (χ3v) is 3.77. The average molecular weight is 350 g/mol. The van der Waals surface area contributed by atoms with Crippen LogP contribution in [0.15, 0.2) is 53.2 Å². The summed E-state index contributed by atoms with van der Waals surface area (Å²) < 4.78 is 15.8. The van der Waals surface area contributed by atoms with Gasteiger partial charge >= 0.3 is 5.97 Å². The molecule has 2 aromatic rings. The Balaban J connectivity index is 1.58. The number of cyclic esters (lactones) is 1. The second-order valence-corrected chi connectivity index (χ2v) is 5.71. The van der Waals surface area contributed by atoms with Gasteiger partial charge in [0.25, 0.3) is 0 Å². The first-order valence-electron chi connectivity index (χ1n) is 7.89. The summed E-state index contributed by atoms with van der Waals surface area (Å²) in [6.45, 7) is 1.62. The summed E-state index contributed by atoms with van der Waals surface area (Å²) in [5.41, 5.74) is 2.25. The first kappa shape index (κ1) is 15.9. The van der Waals surface area contributed by atoms with E-state index in [1.807, 2.05) is 6.07 Å². The number of nitrogens with zero attached hydrogens (tertiary/aromatic N) is 1. The third kappa shape index (κ3) is 3.14. The summed E-state index contributed by atoms with van der Waals surface area (Å²) in [6, 6.07) is 12.2. The first-order valence-corrected chi connectivity index (χ1v) is 7.89. The largest absolute Gasteiger partial charge is 0.454 e. The van der Waals surface area contributed by atoms with Crippen LogP contribution in [0, 0.1) is 0 Å². The highest BCUT2D eigenvalue weighted by atomic mass is 16.7. The number of benzene rings is 2. The van der Waals surface area contributed by atoms with E-state index in [0.717, 1.165) is 5.56 Å². The van der Waals surface area contributed by atoms with Crippen molar-refractivity contribution >= 4 is 29.5 Å². The Morgan fingerprint density at radius 2 is 1.88 bits per heavy atom. The van der Waals surface area contributed by atoms with E-state index in [-0.39, 0.29) is 24.3 Å². The highest BCUT2D eigenvalue weighted by molar-refractivity contribution is 6.13. The Morgan fingerprint density at radius 1 is 1.12 bits per heavy atom. The minimum absolute atomic E-state index is 0.156. The van der Waals surface area contributed by atoms with Crippen molar-refractivity contribution in [3.63, 3.8) is 0 Å². The van der Waals surface area contributed by atoms with Gasteiger partial charge in [-0.1, -0.05) is 6.07 Å². The topological polar surface area (TPSA) is 86.2 Å². The Bertz CT molecular complexity index is 960. The van der Waals surface area contributed by atoms with Gasteiger partial charge in [-0.2, -0.15) is 0 Å². The molecule has 0 saturated heterocycles. The first-order chi connectivity index (χ1) is 12.6. The van der Waals surface area contributed by atoms with E-state index < -0.39 is 5.97 Å². The summed E-state index contributed by atoms with van der Waals surface area (Å²) in [5.74, 6) is 0.837. The van der Waals surface area contributed by atoms with Gasteiger partial charge in [0.2, 0.25) is 18.6 Å². The van der Waals surface area contributed by atoms with Crippen LogP contribution in [0.25, 0.3) is 6.08 Å². The minimum atomic E-state index is -0.524. The van der Waals surface area contributed by atoms with Crippen LogP contribution in [-0.4, -0.2) is 24.6 Å². The molecule has 2 aliphatic heterocycles. The predicted octanol–water partition coefficient (Wildman–Crippen LogP) is 2.72. The molecule has 0 saturated carbocycles. The molecule has 2 aromatic carbocycles. The quantitative estimate of drug-likeness (QED) is 0.679. The molecule has 0 aromatic heterocycles. The number of anilines is 1. The van der Waals surface area contributed by atoms with Crippen LogP contribution in [0.4, 0.5) is 5.69 Å². The van der Waals surface area contributed by atoms with E-state index in [4.69, 9.17) is 14.2 Å². The monoisotopic (exact) mass is 350 g/mol. The number of fused-ring (bicyclic) bond motifs is 1. The van der Waals surface area contributed by atoms with Crippen molar-refractivity contribution in [1.29, 1.82) is 0 Å². The van der Waals surface area contributed by atoms with E-state index in [2.05, 4.69) is 10.3 Å². The Hall–Kier alpha value is -3.61. The fourth-order valence-corrected chi connectivity index (χ4v) is 2.59. The molecule has 26 heavy (non-hydrogen) atoms. The Labute approximate surface area is 148 Å². The fourth-order valence-electron chi connectivity index (χ4n) is 2.59. The number of hydrogen-bond acceptors (Lipinski definition) is 6. The molecule has 1 amide bonds. The number of esters is 1. The predicted molar refractivity (Wildman–Crippen MR) is 93.9 cm³/mol. The van der Waals surface area contributed by atoms with Crippen LogP contribution < -0.4 is 14.8 Å². The second kappa shape index (κ2) is 6.36. The lowest BCUT2D eigenvalue weighted by atomic mass is 10.1. The molecule has 1 N–H and O–H groups in total. The number of amides is 1. The molecule has 0 aliphatic carbocycles. The second-order valence-electron chi connectivity index (χ2n) is 5.71. The summed E-state index contributed by atoms with van der Waals surface area (Å²) in [4.78, 5) is 27.4. The standard InChI is InChI=1S/C19H14N2O5/c1-11(22)20-14-5-3-13(4-6-14)18-21-15(19(23)26-18)8-12-2-7-16-17(9-12)25-10-24-16/h2-9H,10H2,1H3,(H,20,22)/b15-8+. The molecular formula is C19H14N2O5. The number of ether oxygens (including phenoxy) is 3. The van der Waals surface area contributed by atoms with Gasteiger partial charge in [0.1, 0.15) is 0 Å². The Morgan fingerprint density at radius 3 is 2.65 bits per heavy atom. The SMILES string of the molecule is CC(=O)Nc1ccc(C2=N/C(=C/c3ccc4c(c3)OCO4)C(=O)O2)cc1. The zero-order chi connectivity index (χ0) is 18.1. The van der Waals surface area contributed by atoms with Crippen molar-refractivity contribution in [2.45, 2.75) is 6.92 Å². The van der Waals surface area contributed by atoms with E-state index >= 15 is 0 Å². The lowest BCUT2D eigenvalue weighted by molar-refractivity contribution is -0.129. The molecule has 130 valence electrons. The van der Waals surface area contributed by atoms with Crippen LogP contribution >= 0.6 is 0 Å². The molecule has 0 atom stereocenters. The summed E-state index contributed by atoms with van der Waals surface area (Å²) in [6.07, 6.45) is 1.63. The van der Waals surface area contributed by atoms with Crippen molar-refractivity contribution < 1.29 is 23.8 Å². The smallest absolute Gasteiger partial charge is 0.363 e. The highest BCUT2D eigenvalue weighted by Gasteiger charge is 2.24. The molecule has 4 rings (SSSR count). The van der Waals surface area contributed by atoms with Gasteiger partial charge in [0, 0.05) is 18.2 Å². The van der Waals surface area contributed by atoms with Gasteiger partial charge in [-0.05, 0) is 48.0 Å². The van der Waals surface area contributed by atoms with E-state index in [9.17, 15) is 9.59 Å². The lowest BCUT2D eigenvalue weighted by Crippen LogP contribution is -2.07. The van der Waals surface area contributed by atoms with Gasteiger partial charge in [-0.3, -0.25) is 4.79 Å². The maximum atomic E-state index is 12.1. The average Bonchev–Trinajstić information content (AvgIpc) is 3.22. The highest BCUT2D eigenvalue weighted by Crippen LogP contribution is 2.33. The number of rotatable bonds is 3. The minimum Gasteiger partial charge on any atom is -0.454 e. The molecular weight excluding hydrogens is 336 g/mol. The van der Waals surface area contributed by atoms with Crippen molar-refractivity contribution in [1.82, 2.24) is 0 Å². The molecule has 2 aliphatic rings. The van der Waals surface area contributed by atoms with Gasteiger partial charge in [-0.15, -0.1) is 0 Å². The van der Waals surface area contributed by atoms with Crippen LogP contribution in [0.3, 0.4) is 0 Å². The van der Waals surface area contributed by atoms with Crippen molar-refractivity contribution in [3.05, 3.63) is 59.3 Å². The van der Waals surface area contributed by atoms with Gasteiger partial charge in [0.05, 0.1) is 0 Å². The molecule has 0 unspecified atom stereocenters. The van der Waals surface area contributed by atoms with Crippen molar-refractivity contribution in [2.24, 2.45) is 4.99 Å². The van der Waals surface area contributed by atoms with E-state index in [1.54, 1.807) is 42.5 Å². The summed E-state index contributed by atoms with van der Waals surface area (Å²) >= 11 is 0. The summed E-state index contributed by atoms with van der Waals surface area (Å²) in [7, 11) is 0.